The Bertz CT molecular complexity index is 562. The summed E-state index contributed by atoms with van der Waals surface area (Å²) < 4.78 is 37.6. The summed E-state index contributed by atoms with van der Waals surface area (Å²) in [7, 11) is -3.14. The quantitative estimate of drug-likeness (QED) is 0.932. The minimum atomic E-state index is -3.14. The first-order valence-electron chi connectivity index (χ1n) is 6.31. The van der Waals surface area contributed by atoms with Crippen LogP contribution in [0.4, 0.5) is 4.39 Å². The molecule has 0 radical (unpaired) electrons. The number of sulfone groups is 1. The van der Waals surface area contributed by atoms with Gasteiger partial charge in [-0.1, -0.05) is 24.1 Å². The summed E-state index contributed by atoms with van der Waals surface area (Å²) in [5.41, 5.74) is 6.40. The third-order valence-corrected chi connectivity index (χ3v) is 6.18. The van der Waals surface area contributed by atoms with E-state index < -0.39 is 26.9 Å². The number of nitrogens with two attached hydrogens (primary N) is 1. The second-order valence-corrected chi connectivity index (χ2v) is 7.78. The van der Waals surface area contributed by atoms with Crippen LogP contribution in [0.2, 0.25) is 5.02 Å². The largest absolute Gasteiger partial charge is 0.326 e. The Labute approximate surface area is 117 Å². The molecule has 2 rings (SSSR count). The van der Waals surface area contributed by atoms with E-state index in [1.807, 2.05) is 0 Å². The molecular weight excluding hydrogens is 289 g/mol. The number of benzene rings is 1. The van der Waals surface area contributed by atoms with Gasteiger partial charge in [-0.2, -0.15) is 0 Å². The van der Waals surface area contributed by atoms with Crippen molar-refractivity contribution in [2.75, 3.05) is 5.75 Å². The Morgan fingerprint density at radius 1 is 1.42 bits per heavy atom. The summed E-state index contributed by atoms with van der Waals surface area (Å²) in [6.07, 6.45) is 2.34. The predicted octanol–water partition coefficient (Wildman–Crippen LogP) is 2.32. The number of rotatable bonds is 3. The normalized spacial score (nSPS) is 24.1. The van der Waals surface area contributed by atoms with Gasteiger partial charge in [-0.25, -0.2) is 12.8 Å². The number of hydrogen-bond acceptors (Lipinski definition) is 3. The van der Waals surface area contributed by atoms with E-state index in [1.165, 1.54) is 6.07 Å². The first-order chi connectivity index (χ1) is 8.90. The van der Waals surface area contributed by atoms with Crippen LogP contribution in [0.3, 0.4) is 0 Å². The van der Waals surface area contributed by atoms with Crippen molar-refractivity contribution in [2.24, 2.45) is 5.73 Å². The van der Waals surface area contributed by atoms with Crippen LogP contribution in [0.5, 0.6) is 0 Å². The van der Waals surface area contributed by atoms with Gasteiger partial charge in [0.05, 0.1) is 11.0 Å². The zero-order chi connectivity index (χ0) is 14.0. The highest BCUT2D eigenvalue weighted by Gasteiger charge is 2.33. The molecule has 0 saturated carbocycles. The second-order valence-electron chi connectivity index (χ2n) is 5.00. The van der Waals surface area contributed by atoms with Gasteiger partial charge in [0, 0.05) is 11.1 Å². The van der Waals surface area contributed by atoms with Crippen molar-refractivity contribution in [3.05, 3.63) is 34.6 Å². The van der Waals surface area contributed by atoms with Crippen molar-refractivity contribution in [3.63, 3.8) is 0 Å². The highest BCUT2D eigenvalue weighted by molar-refractivity contribution is 7.92. The maximum atomic E-state index is 13.7. The minimum absolute atomic E-state index is 0.189. The van der Waals surface area contributed by atoms with Crippen LogP contribution in [0.1, 0.15) is 24.8 Å². The SMILES string of the molecule is NC(Cc1ccc(Cl)cc1F)C1CCCCS1(=O)=O. The maximum absolute atomic E-state index is 13.7. The summed E-state index contributed by atoms with van der Waals surface area (Å²) in [4.78, 5) is 0. The minimum Gasteiger partial charge on any atom is -0.326 e. The standard InChI is InChI=1S/C13H17ClFNO2S/c14-10-5-4-9(11(15)8-10)7-12(16)13-3-1-2-6-19(13,17)18/h4-5,8,12-13H,1-3,6-7,16H2. The monoisotopic (exact) mass is 305 g/mol. The Morgan fingerprint density at radius 2 is 2.16 bits per heavy atom. The fraction of sp³-hybridized carbons (Fsp3) is 0.538. The van der Waals surface area contributed by atoms with Gasteiger partial charge < -0.3 is 5.73 Å². The highest BCUT2D eigenvalue weighted by atomic mass is 35.5. The predicted molar refractivity (Wildman–Crippen MR) is 74.5 cm³/mol. The average Bonchev–Trinajstić information content (AvgIpc) is 2.32. The molecule has 1 aliphatic rings. The Balaban J connectivity index is 2.14. The zero-order valence-electron chi connectivity index (χ0n) is 10.5. The van der Waals surface area contributed by atoms with E-state index in [9.17, 15) is 12.8 Å². The topological polar surface area (TPSA) is 60.2 Å². The van der Waals surface area contributed by atoms with E-state index in [2.05, 4.69) is 0 Å². The lowest BCUT2D eigenvalue weighted by Gasteiger charge is -2.27. The molecule has 19 heavy (non-hydrogen) atoms. The molecule has 2 atom stereocenters. The molecule has 0 aliphatic carbocycles. The molecule has 106 valence electrons. The van der Waals surface area contributed by atoms with E-state index in [1.54, 1.807) is 12.1 Å². The number of hydrogen-bond donors (Lipinski definition) is 1. The molecule has 2 N–H and O–H groups in total. The molecule has 0 bridgehead atoms. The molecule has 1 heterocycles. The molecule has 6 heteroatoms. The van der Waals surface area contributed by atoms with Crippen LogP contribution >= 0.6 is 11.6 Å². The first kappa shape index (κ1) is 14.8. The maximum Gasteiger partial charge on any atom is 0.154 e. The van der Waals surface area contributed by atoms with Crippen molar-refractivity contribution >= 4 is 21.4 Å². The van der Waals surface area contributed by atoms with Crippen molar-refractivity contribution in [3.8, 4) is 0 Å². The molecule has 1 fully saturated rings. The van der Waals surface area contributed by atoms with Gasteiger partial charge in [-0.15, -0.1) is 0 Å². The van der Waals surface area contributed by atoms with E-state index in [-0.39, 0.29) is 12.2 Å². The Morgan fingerprint density at radius 3 is 2.79 bits per heavy atom. The van der Waals surface area contributed by atoms with Gasteiger partial charge in [0.1, 0.15) is 5.82 Å². The second kappa shape index (κ2) is 5.77. The lowest BCUT2D eigenvalue weighted by molar-refractivity contribution is 0.489. The Hall–Kier alpha value is -0.650. The summed E-state index contributed by atoms with van der Waals surface area (Å²) in [6, 6.07) is 3.80. The molecule has 0 spiro atoms. The average molecular weight is 306 g/mol. The van der Waals surface area contributed by atoms with E-state index in [0.717, 1.165) is 6.42 Å². The van der Waals surface area contributed by atoms with Gasteiger partial charge in [-0.05, 0) is 37.0 Å². The lowest BCUT2D eigenvalue weighted by atomic mass is 10.00. The summed E-state index contributed by atoms with van der Waals surface area (Å²) in [6.45, 7) is 0. The van der Waals surface area contributed by atoms with Crippen LogP contribution in [-0.2, 0) is 16.3 Å². The highest BCUT2D eigenvalue weighted by Crippen LogP contribution is 2.24. The zero-order valence-corrected chi connectivity index (χ0v) is 12.1. The third-order valence-electron chi connectivity index (χ3n) is 3.58. The molecule has 1 saturated heterocycles. The fourth-order valence-electron chi connectivity index (χ4n) is 2.53. The van der Waals surface area contributed by atoms with Crippen molar-refractivity contribution in [2.45, 2.75) is 37.0 Å². The smallest absolute Gasteiger partial charge is 0.154 e. The van der Waals surface area contributed by atoms with Gasteiger partial charge in [0.25, 0.3) is 0 Å². The van der Waals surface area contributed by atoms with Crippen LogP contribution in [-0.4, -0.2) is 25.5 Å². The fourth-order valence-corrected chi connectivity index (χ4v) is 4.76. The molecule has 2 unspecified atom stereocenters. The van der Waals surface area contributed by atoms with Gasteiger partial charge in [0.2, 0.25) is 0 Å². The van der Waals surface area contributed by atoms with Crippen molar-refractivity contribution in [1.82, 2.24) is 0 Å². The summed E-state index contributed by atoms with van der Waals surface area (Å²) >= 11 is 5.68. The van der Waals surface area contributed by atoms with Gasteiger partial charge >= 0.3 is 0 Å². The van der Waals surface area contributed by atoms with Crippen LogP contribution in [0.15, 0.2) is 18.2 Å². The van der Waals surface area contributed by atoms with E-state index in [4.69, 9.17) is 17.3 Å². The van der Waals surface area contributed by atoms with Crippen molar-refractivity contribution < 1.29 is 12.8 Å². The van der Waals surface area contributed by atoms with Crippen LogP contribution in [0, 0.1) is 5.82 Å². The molecule has 1 aromatic carbocycles. The summed E-state index contributed by atoms with van der Waals surface area (Å²) in [5.74, 6) is -0.245. The van der Waals surface area contributed by atoms with Gasteiger partial charge in [0.15, 0.2) is 9.84 Å². The van der Waals surface area contributed by atoms with Crippen LogP contribution < -0.4 is 5.73 Å². The molecule has 3 nitrogen and oxygen atoms in total. The Kier molecular flexibility index (Phi) is 4.48. The molecule has 1 aliphatic heterocycles. The first-order valence-corrected chi connectivity index (χ1v) is 8.40. The van der Waals surface area contributed by atoms with Crippen LogP contribution in [0.25, 0.3) is 0 Å². The summed E-state index contributed by atoms with van der Waals surface area (Å²) in [5, 5.41) is -0.239. The van der Waals surface area contributed by atoms with E-state index in [0.29, 0.717) is 23.4 Å². The molecular formula is C13H17ClFNO2S. The van der Waals surface area contributed by atoms with Gasteiger partial charge in [-0.3, -0.25) is 0 Å². The third kappa shape index (κ3) is 3.46. The lowest BCUT2D eigenvalue weighted by Crippen LogP contribution is -2.45. The van der Waals surface area contributed by atoms with Crippen molar-refractivity contribution in [1.29, 1.82) is 0 Å². The number of halogens is 2. The molecule has 0 amide bonds. The molecule has 1 aromatic rings. The molecule has 0 aromatic heterocycles. The van der Waals surface area contributed by atoms with E-state index >= 15 is 0 Å².